The number of ether oxygens (including phenoxy) is 1. The van der Waals surface area contributed by atoms with Crippen LogP contribution in [0.15, 0.2) is 21.8 Å². The summed E-state index contributed by atoms with van der Waals surface area (Å²) < 4.78 is 10.3. The highest BCUT2D eigenvalue weighted by atomic mass is 16.5. The number of nitrogens with zero attached hydrogens (tertiary/aromatic N) is 2. The fourth-order valence-electron chi connectivity index (χ4n) is 1.74. The van der Waals surface area contributed by atoms with Gasteiger partial charge in [0.1, 0.15) is 12.0 Å². The summed E-state index contributed by atoms with van der Waals surface area (Å²) in [4.78, 5) is 4.13. The maximum Gasteiger partial charge on any atom is 0.191 e. The lowest BCUT2D eigenvalue weighted by Crippen LogP contribution is -2.40. The third kappa shape index (κ3) is 3.74. The molecule has 1 aliphatic rings. The predicted molar refractivity (Wildman–Crippen MR) is 63.7 cm³/mol. The molecule has 0 aromatic carbocycles. The van der Waals surface area contributed by atoms with Crippen molar-refractivity contribution < 1.29 is 9.26 Å². The lowest BCUT2D eigenvalue weighted by atomic mass is 10.2. The molecule has 2 N–H and O–H groups in total. The molecule has 0 aliphatic carbocycles. The number of aliphatic imine (C=N–C) groups is 1. The molecule has 1 unspecified atom stereocenters. The van der Waals surface area contributed by atoms with Gasteiger partial charge in [-0.1, -0.05) is 5.16 Å². The second-order valence-electron chi connectivity index (χ2n) is 3.93. The SMILES string of the molecule is CN=C(NCc1ccon1)NCC1CCCO1. The monoisotopic (exact) mass is 238 g/mol. The first-order chi connectivity index (χ1) is 8.38. The molecule has 1 fully saturated rings. The van der Waals surface area contributed by atoms with Gasteiger partial charge in [-0.25, -0.2) is 0 Å². The first kappa shape index (κ1) is 11.9. The van der Waals surface area contributed by atoms with Crippen molar-refractivity contribution in [1.29, 1.82) is 0 Å². The predicted octanol–water partition coefficient (Wildman–Crippen LogP) is 0.519. The van der Waals surface area contributed by atoms with Crippen LogP contribution < -0.4 is 10.6 Å². The van der Waals surface area contributed by atoms with E-state index in [1.165, 1.54) is 0 Å². The Labute approximate surface area is 100 Å². The Balaban J connectivity index is 1.69. The molecule has 1 aromatic heterocycles. The fraction of sp³-hybridized carbons (Fsp3) is 0.636. The summed E-state index contributed by atoms with van der Waals surface area (Å²) in [5, 5.41) is 10.2. The van der Waals surface area contributed by atoms with Crippen molar-refractivity contribution in [3.8, 4) is 0 Å². The van der Waals surface area contributed by atoms with Gasteiger partial charge in [-0.15, -0.1) is 0 Å². The van der Waals surface area contributed by atoms with E-state index < -0.39 is 0 Å². The minimum absolute atomic E-state index is 0.306. The van der Waals surface area contributed by atoms with Crippen molar-refractivity contribution in [1.82, 2.24) is 15.8 Å². The molecule has 94 valence electrons. The van der Waals surface area contributed by atoms with Gasteiger partial charge in [0.25, 0.3) is 0 Å². The Bertz CT molecular complexity index is 344. The number of rotatable bonds is 4. The molecule has 0 amide bonds. The zero-order valence-electron chi connectivity index (χ0n) is 9.98. The van der Waals surface area contributed by atoms with Crippen molar-refractivity contribution in [2.75, 3.05) is 20.2 Å². The summed E-state index contributed by atoms with van der Waals surface area (Å²) in [6.07, 6.45) is 4.13. The minimum atomic E-state index is 0.306. The number of nitrogens with one attached hydrogen (secondary N) is 2. The van der Waals surface area contributed by atoms with Crippen LogP contribution in [0.4, 0.5) is 0 Å². The van der Waals surface area contributed by atoms with Gasteiger partial charge in [-0.05, 0) is 12.8 Å². The van der Waals surface area contributed by atoms with Crippen molar-refractivity contribution in [2.24, 2.45) is 4.99 Å². The number of hydrogen-bond donors (Lipinski definition) is 2. The van der Waals surface area contributed by atoms with Crippen LogP contribution in [0.3, 0.4) is 0 Å². The van der Waals surface area contributed by atoms with Gasteiger partial charge in [0.2, 0.25) is 0 Å². The van der Waals surface area contributed by atoms with Crippen LogP contribution >= 0.6 is 0 Å². The Morgan fingerprint density at radius 1 is 1.59 bits per heavy atom. The summed E-state index contributed by atoms with van der Waals surface area (Å²) in [7, 11) is 1.74. The van der Waals surface area contributed by atoms with Crippen LogP contribution in [-0.4, -0.2) is 37.4 Å². The van der Waals surface area contributed by atoms with Crippen molar-refractivity contribution >= 4 is 5.96 Å². The summed E-state index contributed by atoms with van der Waals surface area (Å²) in [6, 6.07) is 1.82. The standard InChI is InChI=1S/C11H18N4O2/c1-12-11(13-7-9-4-6-17-15-9)14-8-10-3-2-5-16-10/h4,6,10H,2-3,5,7-8H2,1H3,(H2,12,13,14). The van der Waals surface area contributed by atoms with Gasteiger partial charge < -0.3 is 19.9 Å². The highest BCUT2D eigenvalue weighted by Gasteiger charge is 2.15. The zero-order valence-corrected chi connectivity index (χ0v) is 9.98. The molecule has 6 heteroatoms. The van der Waals surface area contributed by atoms with E-state index in [0.717, 1.165) is 37.6 Å². The van der Waals surface area contributed by atoms with Crippen LogP contribution in [0.25, 0.3) is 0 Å². The van der Waals surface area contributed by atoms with E-state index in [1.54, 1.807) is 13.3 Å². The van der Waals surface area contributed by atoms with Crippen molar-refractivity contribution in [2.45, 2.75) is 25.5 Å². The average molecular weight is 238 g/mol. The topological polar surface area (TPSA) is 71.7 Å². The minimum Gasteiger partial charge on any atom is -0.376 e. The molecule has 2 heterocycles. The second kappa shape index (κ2) is 6.24. The van der Waals surface area contributed by atoms with Gasteiger partial charge in [0.05, 0.1) is 12.6 Å². The van der Waals surface area contributed by atoms with Gasteiger partial charge in [0.15, 0.2) is 5.96 Å². The van der Waals surface area contributed by atoms with E-state index in [4.69, 9.17) is 9.26 Å². The third-order valence-corrected chi connectivity index (χ3v) is 2.67. The zero-order chi connectivity index (χ0) is 11.9. The van der Waals surface area contributed by atoms with Gasteiger partial charge in [0, 0.05) is 26.3 Å². The summed E-state index contributed by atoms with van der Waals surface area (Å²) in [6.45, 7) is 2.26. The van der Waals surface area contributed by atoms with E-state index in [1.807, 2.05) is 6.07 Å². The molecule has 1 aromatic rings. The van der Waals surface area contributed by atoms with E-state index in [0.29, 0.717) is 12.6 Å². The Hall–Kier alpha value is -1.56. The van der Waals surface area contributed by atoms with Crippen molar-refractivity contribution in [3.63, 3.8) is 0 Å². The first-order valence-electron chi connectivity index (χ1n) is 5.84. The van der Waals surface area contributed by atoms with E-state index in [-0.39, 0.29) is 0 Å². The molecule has 1 aliphatic heterocycles. The van der Waals surface area contributed by atoms with Crippen LogP contribution in [0.2, 0.25) is 0 Å². The summed E-state index contributed by atoms with van der Waals surface area (Å²) in [5.41, 5.74) is 0.852. The molecule has 2 rings (SSSR count). The van der Waals surface area contributed by atoms with Gasteiger partial charge >= 0.3 is 0 Å². The fourth-order valence-corrected chi connectivity index (χ4v) is 1.74. The first-order valence-corrected chi connectivity index (χ1v) is 5.84. The van der Waals surface area contributed by atoms with Crippen molar-refractivity contribution in [3.05, 3.63) is 18.0 Å². The normalized spacial score (nSPS) is 20.5. The van der Waals surface area contributed by atoms with E-state index >= 15 is 0 Å². The molecular formula is C11H18N4O2. The largest absolute Gasteiger partial charge is 0.376 e. The van der Waals surface area contributed by atoms with Crippen LogP contribution in [0, 0.1) is 0 Å². The lowest BCUT2D eigenvalue weighted by molar-refractivity contribution is 0.114. The molecular weight excluding hydrogens is 220 g/mol. The molecule has 1 atom stereocenters. The van der Waals surface area contributed by atoms with Gasteiger partial charge in [-0.3, -0.25) is 4.99 Å². The number of guanidine groups is 1. The molecule has 1 saturated heterocycles. The maximum atomic E-state index is 5.53. The molecule has 17 heavy (non-hydrogen) atoms. The summed E-state index contributed by atoms with van der Waals surface area (Å²) >= 11 is 0. The Morgan fingerprint density at radius 2 is 2.53 bits per heavy atom. The molecule has 0 spiro atoms. The highest BCUT2D eigenvalue weighted by molar-refractivity contribution is 5.79. The third-order valence-electron chi connectivity index (χ3n) is 2.67. The van der Waals surface area contributed by atoms with E-state index in [9.17, 15) is 0 Å². The maximum absolute atomic E-state index is 5.53. The highest BCUT2D eigenvalue weighted by Crippen LogP contribution is 2.10. The molecule has 0 bridgehead atoms. The number of hydrogen-bond acceptors (Lipinski definition) is 4. The molecule has 6 nitrogen and oxygen atoms in total. The smallest absolute Gasteiger partial charge is 0.191 e. The quantitative estimate of drug-likeness (QED) is 0.591. The van der Waals surface area contributed by atoms with E-state index in [2.05, 4.69) is 20.8 Å². The Kier molecular flexibility index (Phi) is 4.37. The van der Waals surface area contributed by atoms with Crippen LogP contribution in [-0.2, 0) is 11.3 Å². The Morgan fingerprint density at radius 3 is 3.18 bits per heavy atom. The molecule has 0 saturated carbocycles. The lowest BCUT2D eigenvalue weighted by Gasteiger charge is -2.14. The number of aromatic nitrogens is 1. The second-order valence-corrected chi connectivity index (χ2v) is 3.93. The van der Waals surface area contributed by atoms with Crippen LogP contribution in [0.1, 0.15) is 18.5 Å². The summed E-state index contributed by atoms with van der Waals surface area (Å²) in [5.74, 6) is 0.753. The van der Waals surface area contributed by atoms with Gasteiger partial charge in [-0.2, -0.15) is 0 Å². The average Bonchev–Trinajstić information content (AvgIpc) is 3.02. The molecule has 0 radical (unpaired) electrons. The van der Waals surface area contributed by atoms with Crippen LogP contribution in [0.5, 0.6) is 0 Å².